The standard InChI is InChI=1S/C22H21N9/c1-3-31-19-7-5-4-6-16(19)27-21(31)15(12-23)20-22(30-10-8-29(2)9-11-30)28-18(14-25)17(13-24)26-20/h4-7,27H,3,8-11H2,1-2H3/p+1/b21-15+. The molecule has 0 radical (unpaired) electrons. The highest BCUT2D eigenvalue weighted by Gasteiger charge is 2.31. The second kappa shape index (κ2) is 8.31. The number of aromatic nitrogens is 2. The lowest BCUT2D eigenvalue weighted by molar-refractivity contribution is -0.880. The van der Waals surface area contributed by atoms with Gasteiger partial charge in [-0.15, -0.1) is 0 Å². The number of likely N-dealkylation sites (N-methyl/N-ethyl adjacent to an activating group) is 1. The second-order valence-electron chi connectivity index (χ2n) is 7.48. The van der Waals surface area contributed by atoms with Gasteiger partial charge in [0, 0.05) is 6.54 Å². The fourth-order valence-electron chi connectivity index (χ4n) is 3.95. The molecule has 154 valence electrons. The van der Waals surface area contributed by atoms with Crippen molar-refractivity contribution in [3.05, 3.63) is 47.2 Å². The van der Waals surface area contributed by atoms with Gasteiger partial charge in [-0.05, 0) is 19.1 Å². The van der Waals surface area contributed by atoms with Gasteiger partial charge >= 0.3 is 0 Å². The first kappa shape index (κ1) is 20.2. The Morgan fingerprint density at radius 1 is 1.10 bits per heavy atom. The summed E-state index contributed by atoms with van der Waals surface area (Å²) in [6, 6.07) is 14.0. The van der Waals surface area contributed by atoms with Crippen LogP contribution in [0.5, 0.6) is 0 Å². The highest BCUT2D eigenvalue weighted by Crippen LogP contribution is 2.39. The van der Waals surface area contributed by atoms with Crippen molar-refractivity contribution in [2.24, 2.45) is 0 Å². The van der Waals surface area contributed by atoms with Crippen molar-refractivity contribution in [2.45, 2.75) is 6.92 Å². The van der Waals surface area contributed by atoms with Crippen molar-refractivity contribution < 1.29 is 4.90 Å². The molecule has 0 aliphatic carbocycles. The molecule has 1 saturated heterocycles. The van der Waals surface area contributed by atoms with Gasteiger partial charge in [0.2, 0.25) is 0 Å². The fourth-order valence-corrected chi connectivity index (χ4v) is 3.95. The highest BCUT2D eigenvalue weighted by molar-refractivity contribution is 5.93. The smallest absolute Gasteiger partial charge is 0.179 e. The molecule has 9 heteroatoms. The van der Waals surface area contributed by atoms with Gasteiger partial charge in [-0.25, -0.2) is 9.97 Å². The van der Waals surface area contributed by atoms with Gasteiger partial charge in [0.25, 0.3) is 0 Å². The van der Waals surface area contributed by atoms with Gasteiger partial charge in [0.1, 0.15) is 35.3 Å². The Bertz CT molecular complexity index is 1170. The quantitative estimate of drug-likeness (QED) is 0.707. The van der Waals surface area contributed by atoms with E-state index in [4.69, 9.17) is 0 Å². The van der Waals surface area contributed by atoms with E-state index in [9.17, 15) is 15.8 Å². The van der Waals surface area contributed by atoms with Crippen LogP contribution in [0, 0.1) is 34.0 Å². The van der Waals surface area contributed by atoms with Crippen molar-refractivity contribution in [3.63, 3.8) is 0 Å². The molecule has 1 fully saturated rings. The maximum Gasteiger partial charge on any atom is 0.179 e. The number of allylic oxidation sites excluding steroid dienone is 1. The summed E-state index contributed by atoms with van der Waals surface area (Å²) < 4.78 is 0. The molecule has 0 atom stereocenters. The normalized spacial score (nSPS) is 17.3. The average Bonchev–Trinajstić information content (AvgIpc) is 3.18. The molecular weight excluding hydrogens is 390 g/mol. The Labute approximate surface area is 181 Å². The minimum absolute atomic E-state index is 0.0233. The summed E-state index contributed by atoms with van der Waals surface area (Å²) >= 11 is 0. The predicted octanol–water partition coefficient (Wildman–Crippen LogP) is 0.699. The lowest BCUT2D eigenvalue weighted by Crippen LogP contribution is -3.12. The molecule has 9 nitrogen and oxygen atoms in total. The van der Waals surface area contributed by atoms with E-state index in [-0.39, 0.29) is 11.4 Å². The zero-order valence-corrected chi connectivity index (χ0v) is 17.5. The molecule has 1 aromatic carbocycles. The van der Waals surface area contributed by atoms with Crippen LogP contribution in [-0.2, 0) is 0 Å². The van der Waals surface area contributed by atoms with Crippen molar-refractivity contribution in [1.29, 1.82) is 15.8 Å². The minimum Gasteiger partial charge on any atom is -0.343 e. The predicted molar refractivity (Wildman–Crippen MR) is 116 cm³/mol. The third-order valence-corrected chi connectivity index (χ3v) is 5.63. The first-order chi connectivity index (χ1) is 15.1. The summed E-state index contributed by atoms with van der Waals surface area (Å²) in [6.45, 7) is 5.92. The maximum atomic E-state index is 10.2. The molecule has 3 heterocycles. The third-order valence-electron chi connectivity index (χ3n) is 5.63. The minimum atomic E-state index is -0.0760. The maximum absolute atomic E-state index is 10.2. The summed E-state index contributed by atoms with van der Waals surface area (Å²) in [5.41, 5.74) is 2.40. The molecule has 4 rings (SSSR count). The number of benzene rings is 1. The Morgan fingerprint density at radius 2 is 1.77 bits per heavy atom. The van der Waals surface area contributed by atoms with Crippen LogP contribution in [-0.4, -0.2) is 49.7 Å². The lowest BCUT2D eigenvalue weighted by atomic mass is 10.1. The average molecular weight is 412 g/mol. The van der Waals surface area contributed by atoms with E-state index in [1.54, 1.807) is 0 Å². The topological polar surface area (TPSA) is 120 Å². The number of piperazine rings is 1. The number of quaternary nitrogens is 1. The Hall–Kier alpha value is -4.13. The number of nitrogens with one attached hydrogen (secondary N) is 2. The van der Waals surface area contributed by atoms with E-state index in [2.05, 4.69) is 28.4 Å². The van der Waals surface area contributed by atoms with Gasteiger partial charge in [0.15, 0.2) is 17.2 Å². The number of fused-ring (bicyclic) bond motifs is 1. The van der Waals surface area contributed by atoms with Crippen LogP contribution in [0.15, 0.2) is 30.1 Å². The van der Waals surface area contributed by atoms with Gasteiger partial charge in [0.05, 0.1) is 44.6 Å². The number of rotatable bonds is 3. The summed E-state index contributed by atoms with van der Waals surface area (Å²) in [4.78, 5) is 14.4. The van der Waals surface area contributed by atoms with Crippen molar-refractivity contribution in [1.82, 2.24) is 9.97 Å². The van der Waals surface area contributed by atoms with Crippen LogP contribution >= 0.6 is 0 Å². The second-order valence-corrected chi connectivity index (χ2v) is 7.48. The monoisotopic (exact) mass is 412 g/mol. The van der Waals surface area contributed by atoms with E-state index in [1.165, 1.54) is 4.90 Å². The van der Waals surface area contributed by atoms with Crippen LogP contribution < -0.4 is 20.0 Å². The number of para-hydroxylation sites is 2. The van der Waals surface area contributed by atoms with E-state index >= 15 is 0 Å². The molecule has 2 aliphatic heterocycles. The molecule has 0 spiro atoms. The van der Waals surface area contributed by atoms with Crippen LogP contribution in [0.2, 0.25) is 0 Å². The Kier molecular flexibility index (Phi) is 5.41. The van der Waals surface area contributed by atoms with Crippen LogP contribution in [0.4, 0.5) is 17.2 Å². The molecule has 1 aromatic heterocycles. The summed E-state index contributed by atoms with van der Waals surface area (Å²) in [6.07, 6.45) is 0. The fraction of sp³-hybridized carbons (Fsp3) is 0.318. The summed E-state index contributed by atoms with van der Waals surface area (Å²) in [5.74, 6) is 1.08. The first-order valence-corrected chi connectivity index (χ1v) is 10.2. The number of anilines is 3. The summed E-state index contributed by atoms with van der Waals surface area (Å²) in [7, 11) is 2.13. The number of hydrogen-bond acceptors (Lipinski definition) is 8. The third kappa shape index (κ3) is 3.50. The van der Waals surface area contributed by atoms with Crippen molar-refractivity contribution >= 4 is 22.8 Å². The molecule has 2 N–H and O–H groups in total. The van der Waals surface area contributed by atoms with Crippen LogP contribution in [0.3, 0.4) is 0 Å². The van der Waals surface area contributed by atoms with E-state index < -0.39 is 0 Å². The van der Waals surface area contributed by atoms with Crippen LogP contribution in [0.25, 0.3) is 5.57 Å². The molecule has 0 saturated carbocycles. The zero-order chi connectivity index (χ0) is 22.0. The van der Waals surface area contributed by atoms with Crippen molar-refractivity contribution in [2.75, 3.05) is 54.9 Å². The SMILES string of the molecule is CCN1/C(=C(\C#N)c2nc(C#N)c(C#N)nc2N2CC[NH+](C)CC2)Nc2ccccc21. The molecule has 0 bridgehead atoms. The Morgan fingerprint density at radius 3 is 2.42 bits per heavy atom. The van der Waals surface area contributed by atoms with E-state index in [1.807, 2.05) is 53.1 Å². The largest absolute Gasteiger partial charge is 0.343 e. The van der Waals surface area contributed by atoms with Gasteiger partial charge < -0.3 is 20.0 Å². The summed E-state index contributed by atoms with van der Waals surface area (Å²) in [5, 5.41) is 32.5. The van der Waals surface area contributed by atoms with Gasteiger partial charge in [-0.1, -0.05) is 12.1 Å². The van der Waals surface area contributed by atoms with E-state index in [0.29, 0.717) is 29.5 Å². The number of nitrogens with zero attached hydrogens (tertiary/aromatic N) is 7. The van der Waals surface area contributed by atoms with Gasteiger partial charge in [-0.3, -0.25) is 0 Å². The van der Waals surface area contributed by atoms with Crippen molar-refractivity contribution in [3.8, 4) is 18.2 Å². The Balaban J connectivity index is 1.91. The van der Waals surface area contributed by atoms with Crippen LogP contribution in [0.1, 0.15) is 24.0 Å². The highest BCUT2D eigenvalue weighted by atomic mass is 15.3. The molecular formula is C22H22N9+. The zero-order valence-electron chi connectivity index (χ0n) is 17.5. The number of nitriles is 3. The number of hydrogen-bond donors (Lipinski definition) is 2. The first-order valence-electron chi connectivity index (χ1n) is 10.2. The lowest BCUT2D eigenvalue weighted by Gasteiger charge is -2.32. The molecule has 2 aromatic rings. The molecule has 0 amide bonds. The molecule has 31 heavy (non-hydrogen) atoms. The van der Waals surface area contributed by atoms with E-state index in [0.717, 1.165) is 37.6 Å². The molecule has 2 aliphatic rings. The van der Waals surface area contributed by atoms with Gasteiger partial charge in [-0.2, -0.15) is 15.8 Å². The molecule has 0 unspecified atom stereocenters.